The van der Waals surface area contributed by atoms with E-state index in [1.54, 1.807) is 6.07 Å². The van der Waals surface area contributed by atoms with Crippen molar-refractivity contribution in [3.63, 3.8) is 0 Å². The maximum Gasteiger partial charge on any atom is 0.416 e. The molecule has 2 atom stereocenters. The number of rotatable bonds is 1. The number of nitrogens with zero attached hydrogens (tertiary/aromatic N) is 1. The summed E-state index contributed by atoms with van der Waals surface area (Å²) in [6, 6.07) is 6.41. The second-order valence-corrected chi connectivity index (χ2v) is 6.70. The molecule has 116 valence electrons. The van der Waals surface area contributed by atoms with Crippen LogP contribution in [0.1, 0.15) is 38.7 Å². The Morgan fingerprint density at radius 2 is 2.05 bits per heavy atom. The van der Waals surface area contributed by atoms with Crippen molar-refractivity contribution < 1.29 is 13.2 Å². The summed E-state index contributed by atoms with van der Waals surface area (Å²) in [5.74, 6) is 0. The standard InChI is InChI=1S/C16H21F3N2/c1-15(2)10-13-14(7-4-8-20-13)21(15)12-6-3-5-11(9-12)16(17,18)19/h3,5-6,9,13-14,20H,4,7-8,10H2,1-2H3/t13-,14-/m0/s1. The number of piperidine rings is 1. The average Bonchev–Trinajstić information content (AvgIpc) is 2.67. The van der Waals surface area contributed by atoms with Crippen molar-refractivity contribution >= 4 is 5.69 Å². The third kappa shape index (κ3) is 2.63. The van der Waals surface area contributed by atoms with Gasteiger partial charge in [0.2, 0.25) is 0 Å². The van der Waals surface area contributed by atoms with Gasteiger partial charge in [-0.2, -0.15) is 13.2 Å². The molecule has 2 heterocycles. The molecule has 0 saturated carbocycles. The zero-order valence-electron chi connectivity index (χ0n) is 12.4. The first-order valence-corrected chi connectivity index (χ1v) is 7.49. The third-order valence-electron chi connectivity index (χ3n) is 4.70. The summed E-state index contributed by atoms with van der Waals surface area (Å²) in [7, 11) is 0. The van der Waals surface area contributed by atoms with E-state index in [1.165, 1.54) is 12.1 Å². The van der Waals surface area contributed by atoms with Gasteiger partial charge < -0.3 is 10.2 Å². The van der Waals surface area contributed by atoms with E-state index in [-0.39, 0.29) is 11.6 Å². The topological polar surface area (TPSA) is 15.3 Å². The molecule has 2 aliphatic rings. The highest BCUT2D eigenvalue weighted by Gasteiger charge is 2.47. The highest BCUT2D eigenvalue weighted by Crippen LogP contribution is 2.42. The van der Waals surface area contributed by atoms with E-state index in [0.717, 1.165) is 31.9 Å². The van der Waals surface area contributed by atoms with Crippen LogP contribution < -0.4 is 10.2 Å². The average molecular weight is 298 g/mol. The molecule has 1 aromatic carbocycles. The van der Waals surface area contributed by atoms with Crippen LogP contribution >= 0.6 is 0 Å². The zero-order chi connectivity index (χ0) is 15.3. The smallest absolute Gasteiger partial charge is 0.362 e. The number of benzene rings is 1. The van der Waals surface area contributed by atoms with E-state index < -0.39 is 11.7 Å². The predicted molar refractivity (Wildman–Crippen MR) is 77.4 cm³/mol. The molecule has 21 heavy (non-hydrogen) atoms. The summed E-state index contributed by atoms with van der Waals surface area (Å²) >= 11 is 0. The van der Waals surface area contributed by atoms with Crippen LogP contribution in [0.3, 0.4) is 0 Å². The molecule has 2 nitrogen and oxygen atoms in total. The quantitative estimate of drug-likeness (QED) is 0.848. The van der Waals surface area contributed by atoms with Crippen LogP contribution in [0.15, 0.2) is 24.3 Å². The van der Waals surface area contributed by atoms with Gasteiger partial charge in [-0.15, -0.1) is 0 Å². The Kier molecular flexibility index (Phi) is 3.43. The van der Waals surface area contributed by atoms with E-state index >= 15 is 0 Å². The van der Waals surface area contributed by atoms with Gasteiger partial charge in [-0.3, -0.25) is 0 Å². The van der Waals surface area contributed by atoms with Gasteiger partial charge >= 0.3 is 6.18 Å². The number of anilines is 1. The Balaban J connectivity index is 1.98. The minimum atomic E-state index is -4.29. The third-order valence-corrected chi connectivity index (χ3v) is 4.70. The molecule has 0 aromatic heterocycles. The van der Waals surface area contributed by atoms with Crippen LogP contribution in [0, 0.1) is 0 Å². The first-order valence-electron chi connectivity index (χ1n) is 7.49. The first kappa shape index (κ1) is 14.7. The molecule has 2 fully saturated rings. The molecule has 2 saturated heterocycles. The Bertz CT molecular complexity index is 524. The Labute approximate surface area is 123 Å². The predicted octanol–water partition coefficient (Wildman–Crippen LogP) is 3.81. The van der Waals surface area contributed by atoms with Gasteiger partial charge in [0.1, 0.15) is 0 Å². The van der Waals surface area contributed by atoms with Crippen molar-refractivity contribution in [2.75, 3.05) is 11.4 Å². The first-order chi connectivity index (χ1) is 9.79. The van der Waals surface area contributed by atoms with Gasteiger partial charge in [0.05, 0.1) is 5.56 Å². The summed E-state index contributed by atoms with van der Waals surface area (Å²) < 4.78 is 38.8. The van der Waals surface area contributed by atoms with E-state index in [0.29, 0.717) is 11.7 Å². The molecule has 5 heteroatoms. The fraction of sp³-hybridized carbons (Fsp3) is 0.625. The van der Waals surface area contributed by atoms with Gasteiger partial charge in [-0.25, -0.2) is 0 Å². The number of hydrogen-bond donors (Lipinski definition) is 1. The van der Waals surface area contributed by atoms with Gasteiger partial charge in [-0.1, -0.05) is 6.07 Å². The summed E-state index contributed by atoms with van der Waals surface area (Å²) in [5, 5.41) is 3.52. The number of fused-ring (bicyclic) bond motifs is 1. The number of alkyl halides is 3. The zero-order valence-corrected chi connectivity index (χ0v) is 12.4. The molecular weight excluding hydrogens is 277 g/mol. The Morgan fingerprint density at radius 3 is 2.76 bits per heavy atom. The van der Waals surface area contributed by atoms with Crippen molar-refractivity contribution in [1.29, 1.82) is 0 Å². The lowest BCUT2D eigenvalue weighted by Gasteiger charge is -2.40. The van der Waals surface area contributed by atoms with Gasteiger partial charge in [-0.05, 0) is 57.9 Å². The largest absolute Gasteiger partial charge is 0.416 e. The monoisotopic (exact) mass is 298 g/mol. The second kappa shape index (κ2) is 4.90. The molecule has 2 aliphatic heterocycles. The van der Waals surface area contributed by atoms with E-state index in [9.17, 15) is 13.2 Å². The summed E-state index contributed by atoms with van der Waals surface area (Å²) in [5.41, 5.74) is -0.00860. The molecule has 3 rings (SSSR count). The van der Waals surface area contributed by atoms with Crippen molar-refractivity contribution in [2.45, 2.75) is 56.9 Å². The van der Waals surface area contributed by atoms with Crippen molar-refractivity contribution in [2.24, 2.45) is 0 Å². The molecule has 0 bridgehead atoms. The van der Waals surface area contributed by atoms with Crippen LogP contribution in [0.2, 0.25) is 0 Å². The van der Waals surface area contributed by atoms with Crippen LogP contribution in [0.4, 0.5) is 18.9 Å². The fourth-order valence-electron chi connectivity index (χ4n) is 3.91. The van der Waals surface area contributed by atoms with Crippen molar-refractivity contribution in [1.82, 2.24) is 5.32 Å². The fourth-order valence-corrected chi connectivity index (χ4v) is 3.91. The van der Waals surface area contributed by atoms with E-state index in [2.05, 4.69) is 24.1 Å². The van der Waals surface area contributed by atoms with Gasteiger partial charge in [0.15, 0.2) is 0 Å². The van der Waals surface area contributed by atoms with Crippen LogP contribution in [0.5, 0.6) is 0 Å². The molecule has 0 aliphatic carbocycles. The summed E-state index contributed by atoms with van der Waals surface area (Å²) in [6.45, 7) is 5.24. The molecule has 0 unspecified atom stereocenters. The molecular formula is C16H21F3N2. The van der Waals surface area contributed by atoms with Crippen LogP contribution in [-0.4, -0.2) is 24.2 Å². The number of nitrogens with one attached hydrogen (secondary N) is 1. The van der Waals surface area contributed by atoms with Crippen LogP contribution in [0.25, 0.3) is 0 Å². The normalized spacial score (nSPS) is 28.5. The minimum absolute atomic E-state index is 0.128. The maximum absolute atomic E-state index is 12.9. The summed E-state index contributed by atoms with van der Waals surface area (Å²) in [6.07, 6.45) is -1.21. The lowest BCUT2D eigenvalue weighted by atomic mass is 9.96. The second-order valence-electron chi connectivity index (χ2n) is 6.70. The number of hydrogen-bond acceptors (Lipinski definition) is 2. The maximum atomic E-state index is 12.9. The number of halogens is 3. The van der Waals surface area contributed by atoms with Crippen molar-refractivity contribution in [3.05, 3.63) is 29.8 Å². The molecule has 0 radical (unpaired) electrons. The Morgan fingerprint density at radius 1 is 1.29 bits per heavy atom. The van der Waals surface area contributed by atoms with Gasteiger partial charge in [0.25, 0.3) is 0 Å². The molecule has 1 aromatic rings. The molecule has 1 N–H and O–H groups in total. The highest BCUT2D eigenvalue weighted by atomic mass is 19.4. The van der Waals surface area contributed by atoms with Crippen LogP contribution in [-0.2, 0) is 6.18 Å². The Hall–Kier alpha value is -1.23. The van der Waals surface area contributed by atoms with E-state index in [4.69, 9.17) is 0 Å². The van der Waals surface area contributed by atoms with Gasteiger partial charge in [0, 0.05) is 23.3 Å². The minimum Gasteiger partial charge on any atom is -0.362 e. The summed E-state index contributed by atoms with van der Waals surface area (Å²) in [4.78, 5) is 2.19. The van der Waals surface area contributed by atoms with Crippen molar-refractivity contribution in [3.8, 4) is 0 Å². The lowest BCUT2D eigenvalue weighted by Crippen LogP contribution is -2.49. The lowest BCUT2D eigenvalue weighted by molar-refractivity contribution is -0.137. The SMILES string of the molecule is CC1(C)C[C@@H]2NCCC[C@@H]2N1c1cccc(C(F)(F)F)c1. The molecule has 0 amide bonds. The highest BCUT2D eigenvalue weighted by molar-refractivity contribution is 5.54. The van der Waals surface area contributed by atoms with E-state index in [1.807, 2.05) is 0 Å². The molecule has 0 spiro atoms.